The Morgan fingerprint density at radius 2 is 1.85 bits per heavy atom. The van der Waals surface area contributed by atoms with Gasteiger partial charge in [-0.15, -0.1) is 0 Å². The summed E-state index contributed by atoms with van der Waals surface area (Å²) < 4.78 is 8.27. The highest BCUT2D eigenvalue weighted by Crippen LogP contribution is 2.21. The Hall–Kier alpha value is -3.48. The topological polar surface area (TPSA) is 78.5 Å². The number of hydrogen-bond acceptors (Lipinski definition) is 5. The summed E-state index contributed by atoms with van der Waals surface area (Å²) in [5, 5.41) is 0. The first-order valence-electron chi connectivity index (χ1n) is 8.27. The fraction of sp³-hybridized carbons (Fsp3) is 0.158. The van der Waals surface area contributed by atoms with Gasteiger partial charge >= 0.3 is 5.97 Å². The van der Waals surface area contributed by atoms with E-state index in [1.165, 1.54) is 10.5 Å². The third kappa shape index (κ3) is 2.63. The number of carbonyl (C=O) groups is 1. The Balaban J connectivity index is 2.01. The number of para-hydroxylation sites is 2. The molecule has 0 saturated heterocycles. The van der Waals surface area contributed by atoms with E-state index in [0.29, 0.717) is 29.3 Å². The molecule has 0 radical (unpaired) electrons. The summed E-state index contributed by atoms with van der Waals surface area (Å²) in [5.41, 5.74) is 2.26. The van der Waals surface area contributed by atoms with Crippen molar-refractivity contribution in [1.82, 2.24) is 18.9 Å². The highest BCUT2D eigenvalue weighted by molar-refractivity contribution is 5.83. The van der Waals surface area contributed by atoms with E-state index in [4.69, 9.17) is 4.74 Å². The summed E-state index contributed by atoms with van der Waals surface area (Å²) in [6.07, 6.45) is 1.65. The highest BCUT2D eigenvalue weighted by Gasteiger charge is 2.17. The molecule has 0 aliphatic rings. The summed E-state index contributed by atoms with van der Waals surface area (Å²) >= 11 is 0. The third-order valence-corrected chi connectivity index (χ3v) is 4.08. The Kier molecular flexibility index (Phi) is 3.96. The summed E-state index contributed by atoms with van der Waals surface area (Å²) in [7, 11) is 0. The van der Waals surface area contributed by atoms with Crippen LogP contribution in [0.5, 0.6) is 0 Å². The number of fused-ring (bicyclic) bond motifs is 3. The van der Waals surface area contributed by atoms with Crippen LogP contribution in [0.4, 0.5) is 0 Å². The van der Waals surface area contributed by atoms with E-state index >= 15 is 0 Å². The van der Waals surface area contributed by atoms with Crippen LogP contribution in [0.1, 0.15) is 6.92 Å². The van der Waals surface area contributed by atoms with Crippen molar-refractivity contribution in [2.24, 2.45) is 0 Å². The molecule has 0 atom stereocenters. The number of rotatable bonds is 4. The summed E-state index contributed by atoms with van der Waals surface area (Å²) in [4.78, 5) is 33.7. The van der Waals surface area contributed by atoms with Crippen LogP contribution in [0.15, 0.2) is 59.5 Å². The van der Waals surface area contributed by atoms with Crippen molar-refractivity contribution in [1.29, 1.82) is 0 Å². The van der Waals surface area contributed by atoms with Crippen molar-refractivity contribution in [3.63, 3.8) is 0 Å². The zero-order valence-electron chi connectivity index (χ0n) is 14.1. The molecule has 7 heteroatoms. The Morgan fingerprint density at radius 3 is 2.58 bits per heavy atom. The van der Waals surface area contributed by atoms with Gasteiger partial charge in [0, 0.05) is 12.3 Å². The fourth-order valence-corrected chi connectivity index (χ4v) is 3.00. The first-order valence-corrected chi connectivity index (χ1v) is 8.27. The van der Waals surface area contributed by atoms with Crippen molar-refractivity contribution >= 4 is 22.8 Å². The van der Waals surface area contributed by atoms with Crippen LogP contribution in [0.25, 0.3) is 28.2 Å². The molecule has 4 rings (SSSR count). The number of esters is 1. The molecule has 0 bridgehead atoms. The Labute approximate surface area is 148 Å². The van der Waals surface area contributed by atoms with Crippen LogP contribution in [-0.2, 0) is 16.1 Å². The molecular formula is C19H16N4O3. The molecule has 0 N–H and O–H groups in total. The van der Waals surface area contributed by atoms with Gasteiger partial charge in [-0.1, -0.05) is 18.2 Å². The molecule has 0 amide bonds. The molecule has 0 unspecified atom stereocenters. The number of imidazole rings is 1. The lowest BCUT2D eigenvalue weighted by Crippen LogP contribution is -2.17. The van der Waals surface area contributed by atoms with Crippen molar-refractivity contribution in [2.75, 3.05) is 6.61 Å². The average Bonchev–Trinajstić information content (AvgIpc) is 2.97. The van der Waals surface area contributed by atoms with Crippen molar-refractivity contribution < 1.29 is 9.53 Å². The molecule has 7 nitrogen and oxygen atoms in total. The zero-order chi connectivity index (χ0) is 18.1. The predicted octanol–water partition coefficient (Wildman–Crippen LogP) is 2.27. The lowest BCUT2D eigenvalue weighted by molar-refractivity contribution is -0.143. The van der Waals surface area contributed by atoms with Gasteiger partial charge in [0.25, 0.3) is 5.56 Å². The van der Waals surface area contributed by atoms with E-state index in [2.05, 4.69) is 9.97 Å². The Morgan fingerprint density at radius 1 is 1.08 bits per heavy atom. The van der Waals surface area contributed by atoms with Gasteiger partial charge in [-0.3, -0.25) is 19.1 Å². The van der Waals surface area contributed by atoms with Gasteiger partial charge in [0.2, 0.25) is 5.78 Å². The van der Waals surface area contributed by atoms with Crippen LogP contribution in [0.3, 0.4) is 0 Å². The van der Waals surface area contributed by atoms with Crippen molar-refractivity contribution in [2.45, 2.75) is 13.5 Å². The Bertz CT molecular complexity index is 1160. The first-order chi connectivity index (χ1) is 12.7. The second kappa shape index (κ2) is 6.44. The normalized spacial score (nSPS) is 11.1. The molecule has 1 aromatic carbocycles. The van der Waals surface area contributed by atoms with Crippen LogP contribution < -0.4 is 5.56 Å². The summed E-state index contributed by atoms with van der Waals surface area (Å²) in [5.74, 6) is 0.000599. The number of benzene rings is 1. The molecule has 3 heterocycles. The smallest absolute Gasteiger partial charge is 0.326 e. The fourth-order valence-electron chi connectivity index (χ4n) is 3.00. The van der Waals surface area contributed by atoms with Gasteiger partial charge in [-0.05, 0) is 31.2 Å². The minimum atomic E-state index is -0.381. The maximum absolute atomic E-state index is 12.8. The largest absolute Gasteiger partial charge is 0.465 e. The second-order valence-electron chi connectivity index (χ2n) is 5.71. The molecule has 0 aliphatic heterocycles. The third-order valence-electron chi connectivity index (χ3n) is 4.08. The van der Waals surface area contributed by atoms with Gasteiger partial charge in [-0.2, -0.15) is 0 Å². The van der Waals surface area contributed by atoms with E-state index < -0.39 is 0 Å². The summed E-state index contributed by atoms with van der Waals surface area (Å²) in [6, 6.07) is 14.2. The van der Waals surface area contributed by atoms with Crippen LogP contribution in [0, 0.1) is 0 Å². The first kappa shape index (κ1) is 16.0. The molecule has 0 fully saturated rings. The van der Waals surface area contributed by atoms with E-state index in [0.717, 1.165) is 5.52 Å². The molecule has 26 heavy (non-hydrogen) atoms. The predicted molar refractivity (Wildman–Crippen MR) is 96.8 cm³/mol. The number of aromatic nitrogens is 4. The van der Waals surface area contributed by atoms with Gasteiger partial charge < -0.3 is 4.74 Å². The maximum Gasteiger partial charge on any atom is 0.326 e. The van der Waals surface area contributed by atoms with E-state index in [1.54, 1.807) is 29.8 Å². The second-order valence-corrected chi connectivity index (χ2v) is 5.71. The van der Waals surface area contributed by atoms with E-state index in [-0.39, 0.29) is 18.1 Å². The van der Waals surface area contributed by atoms with Gasteiger partial charge in [0.1, 0.15) is 6.54 Å². The standard InChI is InChI=1S/C19H16N4O3/c1-2-26-18(25)12-22-15-8-3-4-9-16(15)23-17(24)11-14(21-19(22)23)13-7-5-6-10-20-13/h3-11H,2,12H2,1H3. The number of ether oxygens (including phenoxy) is 1. The molecule has 4 aromatic rings. The number of carbonyl (C=O) groups excluding carboxylic acids is 1. The monoisotopic (exact) mass is 348 g/mol. The van der Waals surface area contributed by atoms with Gasteiger partial charge in [0.15, 0.2) is 0 Å². The van der Waals surface area contributed by atoms with Crippen LogP contribution in [-0.4, -0.2) is 31.5 Å². The quantitative estimate of drug-likeness (QED) is 0.529. The van der Waals surface area contributed by atoms with Gasteiger partial charge in [0.05, 0.1) is 29.0 Å². The summed E-state index contributed by atoms with van der Waals surface area (Å²) in [6.45, 7) is 2.02. The van der Waals surface area contributed by atoms with Gasteiger partial charge in [-0.25, -0.2) is 9.38 Å². The minimum absolute atomic E-state index is 0.0248. The molecule has 130 valence electrons. The molecule has 0 saturated carbocycles. The van der Waals surface area contributed by atoms with Crippen molar-refractivity contribution in [3.8, 4) is 11.4 Å². The van der Waals surface area contributed by atoms with E-state index in [9.17, 15) is 9.59 Å². The highest BCUT2D eigenvalue weighted by atomic mass is 16.5. The minimum Gasteiger partial charge on any atom is -0.465 e. The van der Waals surface area contributed by atoms with Crippen molar-refractivity contribution in [3.05, 3.63) is 65.1 Å². The van der Waals surface area contributed by atoms with E-state index in [1.807, 2.05) is 30.3 Å². The SMILES string of the molecule is CCOC(=O)Cn1c2ccccc2n2c(=O)cc(-c3ccccn3)nc12. The zero-order valence-corrected chi connectivity index (χ0v) is 14.1. The molecule has 0 aliphatic carbocycles. The lowest BCUT2D eigenvalue weighted by atomic mass is 10.2. The number of hydrogen-bond donors (Lipinski definition) is 0. The maximum atomic E-state index is 12.8. The van der Waals surface area contributed by atoms with Crippen LogP contribution in [0.2, 0.25) is 0 Å². The number of pyridine rings is 1. The molecule has 3 aromatic heterocycles. The molecular weight excluding hydrogens is 332 g/mol. The lowest BCUT2D eigenvalue weighted by Gasteiger charge is -2.06. The average molecular weight is 348 g/mol. The number of nitrogens with zero attached hydrogens (tertiary/aromatic N) is 4. The molecule has 0 spiro atoms. The van der Waals surface area contributed by atoms with Crippen LogP contribution >= 0.6 is 0 Å².